The number of esters is 1. The minimum atomic E-state index is -0.437. The third kappa shape index (κ3) is 13.0. The maximum Gasteiger partial charge on any atom is 0.338 e. The number of ether oxygens (including phenoxy) is 2. The van der Waals surface area contributed by atoms with E-state index in [4.69, 9.17) is 26.6 Å². The molecule has 13 heteroatoms. The number of phenols is 1. The smallest absolute Gasteiger partial charge is 0.338 e. The topological polar surface area (TPSA) is 159 Å². The van der Waals surface area contributed by atoms with Crippen molar-refractivity contribution in [1.82, 2.24) is 15.3 Å². The number of amides is 1. The van der Waals surface area contributed by atoms with Gasteiger partial charge in [-0.2, -0.15) is 0 Å². The molecule has 0 spiro atoms. The molecular weight excluding hydrogens is 807 g/mol. The fourth-order valence-corrected chi connectivity index (χ4v) is 5.22. The number of nitrogens with zero attached hydrogens (tertiary/aromatic N) is 5. The molecule has 0 aliphatic rings. The van der Waals surface area contributed by atoms with Crippen LogP contribution in [0.3, 0.4) is 0 Å². The molecule has 0 fully saturated rings. The Kier molecular flexibility index (Phi) is 15.7. The molecule has 2 N–H and O–H groups in total. The highest BCUT2D eigenvalue weighted by Crippen LogP contribution is 2.30. The van der Waals surface area contributed by atoms with Crippen molar-refractivity contribution in [3.05, 3.63) is 156 Å². The predicted molar refractivity (Wildman–Crippen MR) is 214 cm³/mol. The van der Waals surface area contributed by atoms with E-state index in [0.717, 1.165) is 22.5 Å². The lowest BCUT2D eigenvalue weighted by atomic mass is 10.1. The van der Waals surface area contributed by atoms with Crippen molar-refractivity contribution in [3.8, 4) is 23.3 Å². The summed E-state index contributed by atoms with van der Waals surface area (Å²) in [6.45, 7) is 4.72. The molecule has 1 amide bonds. The van der Waals surface area contributed by atoms with Gasteiger partial charge in [-0.15, -0.1) is 0 Å². The lowest BCUT2D eigenvalue weighted by Crippen LogP contribution is -2.25. The van der Waals surface area contributed by atoms with E-state index in [1.54, 1.807) is 37.4 Å². The van der Waals surface area contributed by atoms with E-state index in [1.807, 2.05) is 96.3 Å². The fraction of sp³-hybridized carbons (Fsp3) is 0.150. The minimum absolute atomic E-state index is 0.100. The molecule has 0 aliphatic carbocycles. The van der Waals surface area contributed by atoms with Gasteiger partial charge in [0.25, 0.3) is 5.91 Å². The van der Waals surface area contributed by atoms with E-state index in [-0.39, 0.29) is 23.0 Å². The number of aromatic nitrogens is 2. The Morgan fingerprint density at radius 2 is 1.85 bits per heavy atom. The zero-order valence-corrected chi connectivity index (χ0v) is 31.7. The molecule has 0 atom stereocenters. The van der Waals surface area contributed by atoms with Gasteiger partial charge in [0.15, 0.2) is 11.4 Å². The van der Waals surface area contributed by atoms with Crippen LogP contribution in [-0.4, -0.2) is 46.7 Å². The molecular formula is C40H34ClIN6O5. The van der Waals surface area contributed by atoms with Gasteiger partial charge in [0.2, 0.25) is 0 Å². The lowest BCUT2D eigenvalue weighted by molar-refractivity contribution is 0.0526. The van der Waals surface area contributed by atoms with Crippen molar-refractivity contribution >= 4 is 63.9 Å². The summed E-state index contributed by atoms with van der Waals surface area (Å²) in [6, 6.07) is 26.7. The predicted octanol–water partition coefficient (Wildman–Crippen LogP) is 9.32. The number of aromatic hydroxyl groups is 1. The number of phenolic OH excluding ortho intramolecular Hbond substituents is 1. The van der Waals surface area contributed by atoms with Crippen LogP contribution < -0.4 is 10.1 Å². The summed E-state index contributed by atoms with van der Waals surface area (Å²) in [5.41, 5.74) is 13.5. The van der Waals surface area contributed by atoms with Crippen molar-refractivity contribution in [2.45, 2.75) is 20.3 Å². The number of carbonyl (C=O) groups excluding carboxylic acids is 2. The highest BCUT2D eigenvalue weighted by atomic mass is 127. The van der Waals surface area contributed by atoms with Crippen LogP contribution in [-0.2, 0) is 4.74 Å². The van der Waals surface area contributed by atoms with Gasteiger partial charge in [-0.1, -0.05) is 53.0 Å². The van der Waals surface area contributed by atoms with Crippen LogP contribution in [0.25, 0.3) is 22.6 Å². The van der Waals surface area contributed by atoms with Gasteiger partial charge in [-0.05, 0) is 133 Å². The van der Waals surface area contributed by atoms with Gasteiger partial charge in [-0.3, -0.25) is 9.78 Å². The van der Waals surface area contributed by atoms with Crippen molar-refractivity contribution in [2.75, 3.05) is 19.8 Å². The molecule has 0 saturated carbocycles. The van der Waals surface area contributed by atoms with Gasteiger partial charge >= 0.3 is 5.97 Å². The van der Waals surface area contributed by atoms with Crippen LogP contribution >= 0.6 is 34.2 Å². The van der Waals surface area contributed by atoms with Crippen LogP contribution in [0.15, 0.2) is 102 Å². The molecule has 11 nitrogen and oxygen atoms in total. The zero-order valence-electron chi connectivity index (χ0n) is 28.8. The molecule has 0 bridgehead atoms. The second-order valence-corrected chi connectivity index (χ2v) is 12.6. The number of carbonyl (C=O) groups is 2. The van der Waals surface area contributed by atoms with Crippen molar-refractivity contribution in [2.24, 2.45) is 5.11 Å². The third-order valence-electron chi connectivity index (χ3n) is 7.03. The van der Waals surface area contributed by atoms with E-state index >= 15 is 0 Å². The Balaban J connectivity index is 0.000000278. The Morgan fingerprint density at radius 1 is 1.04 bits per heavy atom. The lowest BCUT2D eigenvalue weighted by Gasteiger charge is -2.10. The van der Waals surface area contributed by atoms with Crippen molar-refractivity contribution in [1.29, 1.82) is 0 Å². The van der Waals surface area contributed by atoms with Gasteiger partial charge in [0.05, 0.1) is 35.7 Å². The van der Waals surface area contributed by atoms with Gasteiger partial charge in [0, 0.05) is 37.5 Å². The Bertz CT molecular complexity index is 2180. The maximum absolute atomic E-state index is 12.4. The molecule has 0 radical (unpaired) electrons. The highest BCUT2D eigenvalue weighted by molar-refractivity contribution is 14.1. The molecule has 0 unspecified atom stereocenters. The summed E-state index contributed by atoms with van der Waals surface area (Å²) >= 11 is 7.94. The summed E-state index contributed by atoms with van der Waals surface area (Å²) in [5.74, 6) is 5.63. The normalized spacial score (nSPS) is 10.2. The molecule has 2 aromatic heterocycles. The summed E-state index contributed by atoms with van der Waals surface area (Å²) < 4.78 is 11.3. The first-order valence-electron chi connectivity index (χ1n) is 16.3. The number of rotatable bonds is 11. The molecule has 53 heavy (non-hydrogen) atoms. The number of benzene rings is 3. The standard InChI is InChI=1S/C24H19ClIN5O3.C16H15NO2/c1-15-6-9-23(20(29-15)8-7-16-4-2-5-17(25)12-16)34-11-3-10-28-24(33)18-13-19(26)21(30-31-27)14-22(18)32;1-2-19-16(18)14-9-6-13(7-10-14)8-11-15-5-3-4-12-17-15/h2,4-6,9,12-14,32H,3,10-11H2,1H3,(H,28,33);3-12H,2H2,1H3. The second-order valence-electron chi connectivity index (χ2n) is 11.0. The number of hydrogen-bond donors (Lipinski definition) is 2. The average Bonchev–Trinajstić information content (AvgIpc) is 3.16. The van der Waals surface area contributed by atoms with E-state index in [9.17, 15) is 14.7 Å². The van der Waals surface area contributed by atoms with E-state index in [2.05, 4.69) is 37.2 Å². The van der Waals surface area contributed by atoms with Gasteiger partial charge in [-0.25, -0.2) is 9.78 Å². The van der Waals surface area contributed by atoms with E-state index in [0.29, 0.717) is 51.8 Å². The van der Waals surface area contributed by atoms with E-state index < -0.39 is 5.91 Å². The third-order valence-corrected chi connectivity index (χ3v) is 8.13. The highest BCUT2D eigenvalue weighted by Gasteiger charge is 2.14. The van der Waals surface area contributed by atoms with Crippen LogP contribution in [0.2, 0.25) is 5.02 Å². The average molecular weight is 841 g/mol. The van der Waals surface area contributed by atoms with Gasteiger partial charge in [0.1, 0.15) is 5.75 Å². The number of nitrogens with one attached hydrogen (secondary N) is 1. The molecule has 5 aromatic rings. The van der Waals surface area contributed by atoms with Crippen molar-refractivity contribution in [3.63, 3.8) is 0 Å². The van der Waals surface area contributed by atoms with Gasteiger partial charge < -0.3 is 19.9 Å². The first kappa shape index (κ1) is 39.9. The molecule has 0 saturated heterocycles. The monoisotopic (exact) mass is 840 g/mol. The maximum atomic E-state index is 12.4. The first-order valence-corrected chi connectivity index (χ1v) is 17.7. The Labute approximate surface area is 325 Å². The largest absolute Gasteiger partial charge is 0.507 e. The summed E-state index contributed by atoms with van der Waals surface area (Å²) in [6.07, 6.45) is 6.16. The number of halogens is 2. The molecule has 3 aromatic carbocycles. The SMILES string of the molecule is CCOC(=O)c1ccc(C=Cc2ccccn2)cc1.Cc1ccc(OCCCNC(=O)c2cc(I)c(N=[N+]=[N-])cc2O)c(C#Cc2cccc(Cl)c2)n1. The number of hydrogen-bond acceptors (Lipinski definition) is 8. The summed E-state index contributed by atoms with van der Waals surface area (Å²) in [4.78, 5) is 35.2. The summed E-state index contributed by atoms with van der Waals surface area (Å²) in [7, 11) is 0. The quantitative estimate of drug-likeness (QED) is 0.0255. The number of aryl methyl sites for hydroxylation is 1. The van der Waals surface area contributed by atoms with E-state index in [1.165, 1.54) is 12.1 Å². The fourth-order valence-electron chi connectivity index (χ4n) is 4.46. The zero-order chi connectivity index (χ0) is 38.0. The van der Waals surface area contributed by atoms with Crippen LogP contribution in [0.5, 0.6) is 11.5 Å². The second kappa shape index (κ2) is 20.8. The van der Waals surface area contributed by atoms with Crippen LogP contribution in [0.1, 0.15) is 62.3 Å². The number of pyridine rings is 2. The Morgan fingerprint density at radius 3 is 2.57 bits per heavy atom. The first-order chi connectivity index (χ1) is 25.7. The van der Waals surface area contributed by atoms with Crippen LogP contribution in [0, 0.1) is 22.3 Å². The molecule has 0 aliphatic heterocycles. The summed E-state index contributed by atoms with van der Waals surface area (Å²) in [5, 5.41) is 16.9. The van der Waals surface area contributed by atoms with Crippen molar-refractivity contribution < 1.29 is 24.2 Å². The van der Waals surface area contributed by atoms with Crippen LogP contribution in [0.4, 0.5) is 5.69 Å². The molecule has 2 heterocycles. The molecule has 5 rings (SSSR count). The number of azide groups is 1. The minimum Gasteiger partial charge on any atom is -0.507 e. The Hall–Kier alpha value is -5.87. The molecule has 268 valence electrons.